The van der Waals surface area contributed by atoms with Gasteiger partial charge in [-0.05, 0) is 67.1 Å². The number of hydrogen-bond donors (Lipinski definition) is 2. The number of halogens is 1. The van der Waals surface area contributed by atoms with Crippen LogP contribution in [0.4, 0.5) is 16.0 Å². The number of likely N-dealkylation sites (tertiary alicyclic amines) is 2. The number of nitrogens with one attached hydrogen (secondary N) is 1. The van der Waals surface area contributed by atoms with Crippen LogP contribution in [-0.2, 0) is 9.59 Å². The summed E-state index contributed by atoms with van der Waals surface area (Å²) in [6.45, 7) is 3.03. The van der Waals surface area contributed by atoms with E-state index in [1.807, 2.05) is 17.0 Å². The van der Waals surface area contributed by atoms with E-state index in [-0.39, 0.29) is 30.8 Å². The first kappa shape index (κ1) is 28.9. The number of aryl methyl sites for hydroxylation is 1. The maximum Gasteiger partial charge on any atom is 0.248 e. The molecular formula is C30H32FN7O4. The van der Waals surface area contributed by atoms with Gasteiger partial charge < -0.3 is 25.0 Å². The molecule has 2 N–H and O–H groups in total. The number of nitrogens with zero attached hydrogens (tertiary/aromatic N) is 6. The predicted molar refractivity (Wildman–Crippen MR) is 152 cm³/mol. The van der Waals surface area contributed by atoms with Crippen molar-refractivity contribution in [1.29, 1.82) is 5.26 Å². The second kappa shape index (κ2) is 12.9. The van der Waals surface area contributed by atoms with Gasteiger partial charge in [-0.1, -0.05) is 6.07 Å². The molecule has 5 rings (SSSR count). The Kier molecular flexibility index (Phi) is 8.88. The van der Waals surface area contributed by atoms with E-state index in [2.05, 4.69) is 39.3 Å². The van der Waals surface area contributed by atoms with Crippen molar-refractivity contribution in [3.05, 3.63) is 59.4 Å². The Morgan fingerprint density at radius 3 is 2.69 bits per heavy atom. The summed E-state index contributed by atoms with van der Waals surface area (Å²) in [4.78, 5) is 38.8. The molecule has 0 saturated carbocycles. The van der Waals surface area contributed by atoms with Crippen LogP contribution in [0.3, 0.4) is 0 Å². The highest BCUT2D eigenvalue weighted by atomic mass is 19.1. The molecule has 0 spiro atoms. The predicted octanol–water partition coefficient (Wildman–Crippen LogP) is 3.11. The first-order chi connectivity index (χ1) is 20.4. The first-order valence-electron chi connectivity index (χ1n) is 13.9. The summed E-state index contributed by atoms with van der Waals surface area (Å²) < 4.78 is 20.6. The fourth-order valence-electron chi connectivity index (χ4n) is 5.52. The molecular weight excluding hydrogens is 541 g/mol. The lowest BCUT2D eigenvalue weighted by molar-refractivity contribution is -0.138. The fraction of sp³-hybridized carbons (Fsp3) is 0.400. The fourth-order valence-corrected chi connectivity index (χ4v) is 5.52. The highest BCUT2D eigenvalue weighted by Gasteiger charge is 2.33. The van der Waals surface area contributed by atoms with Gasteiger partial charge in [-0.3, -0.25) is 9.59 Å². The van der Waals surface area contributed by atoms with Crippen molar-refractivity contribution < 1.29 is 23.8 Å². The molecule has 3 heterocycles. The van der Waals surface area contributed by atoms with Crippen molar-refractivity contribution in [3.8, 4) is 23.2 Å². The number of carbonyl (C=O) groups is 2. The van der Waals surface area contributed by atoms with Gasteiger partial charge >= 0.3 is 0 Å². The van der Waals surface area contributed by atoms with Crippen LogP contribution in [-0.4, -0.2) is 87.2 Å². The molecule has 2 aliphatic rings. The summed E-state index contributed by atoms with van der Waals surface area (Å²) in [7, 11) is 0. The Balaban J connectivity index is 1.26. The van der Waals surface area contributed by atoms with E-state index >= 15 is 0 Å². The summed E-state index contributed by atoms with van der Waals surface area (Å²) in [5, 5.41) is 22.0. The second-order valence-corrected chi connectivity index (χ2v) is 10.5. The average molecular weight is 574 g/mol. The average Bonchev–Trinajstić information content (AvgIpc) is 3.02. The number of alkyl halides is 1. The van der Waals surface area contributed by atoms with Gasteiger partial charge in [0.05, 0.1) is 12.1 Å². The van der Waals surface area contributed by atoms with Gasteiger partial charge in [0, 0.05) is 37.3 Å². The van der Waals surface area contributed by atoms with Crippen LogP contribution in [0.1, 0.15) is 41.9 Å². The van der Waals surface area contributed by atoms with E-state index < -0.39 is 24.8 Å². The zero-order chi connectivity index (χ0) is 29.6. The highest BCUT2D eigenvalue weighted by Crippen LogP contribution is 2.32. The van der Waals surface area contributed by atoms with Gasteiger partial charge in [0.1, 0.15) is 30.9 Å². The maximum atomic E-state index is 14.7. The number of carbonyl (C=O) groups excluding carboxylic acids is 2. The molecule has 0 radical (unpaired) electrons. The molecule has 3 aromatic rings. The minimum absolute atomic E-state index is 0.173. The number of hydrogen-bond acceptors (Lipinski definition) is 9. The van der Waals surface area contributed by atoms with E-state index in [4.69, 9.17) is 9.84 Å². The maximum absolute atomic E-state index is 14.7. The second-order valence-electron chi connectivity index (χ2n) is 10.5. The van der Waals surface area contributed by atoms with Gasteiger partial charge in [0.25, 0.3) is 0 Å². The minimum Gasteiger partial charge on any atom is -0.486 e. The Hall–Kier alpha value is -4.63. The van der Waals surface area contributed by atoms with Gasteiger partial charge in [-0.2, -0.15) is 10.2 Å². The van der Waals surface area contributed by atoms with Crippen LogP contribution in [0, 0.1) is 18.3 Å². The Morgan fingerprint density at radius 1 is 1.19 bits per heavy atom. The van der Waals surface area contributed by atoms with Gasteiger partial charge in [-0.25, -0.2) is 14.4 Å². The molecule has 2 amide bonds. The molecule has 11 nitrogen and oxygen atoms in total. The quantitative estimate of drug-likeness (QED) is 0.388. The molecule has 2 saturated heterocycles. The molecule has 2 atom stereocenters. The topological polar surface area (TPSA) is 145 Å². The summed E-state index contributed by atoms with van der Waals surface area (Å²) in [5.74, 6) is 0.818. The molecule has 12 heteroatoms. The Bertz CT molecular complexity index is 1490. The summed E-state index contributed by atoms with van der Waals surface area (Å²) in [5.41, 5.74) is 4.02. The zero-order valence-electron chi connectivity index (χ0n) is 23.2. The van der Waals surface area contributed by atoms with E-state index in [0.29, 0.717) is 23.3 Å². The SMILES string of the molecule is Cc1cc(Nc2ncnc(-c3ccc(OC4CCN(C(=O)CO)CC4F)c(C#N)c3)n2)ccc1C1CCN(C=O)CC1. The Labute approximate surface area is 243 Å². The standard InChI is InChI=1S/C30H32FN7O4/c1-19-12-23(3-4-24(19)20-6-9-37(18-40)10-7-20)35-30-34-17-33-29(36-30)21-2-5-26(22(13-21)14-32)42-27-8-11-38(15-25(27)31)28(41)16-39/h2-5,12-13,17-18,20,25,27,39H,6-11,15-16H2,1H3,(H,33,34,35,36). The van der Waals surface area contributed by atoms with Gasteiger partial charge in [0.15, 0.2) is 12.0 Å². The van der Waals surface area contributed by atoms with E-state index in [9.17, 15) is 19.2 Å². The number of aromatic nitrogens is 3. The molecule has 0 aliphatic carbocycles. The molecule has 2 unspecified atom stereocenters. The number of amides is 2. The number of aliphatic hydroxyl groups excluding tert-OH is 1. The molecule has 2 aliphatic heterocycles. The summed E-state index contributed by atoms with van der Waals surface area (Å²) in [6.07, 6.45) is 2.15. The van der Waals surface area contributed by atoms with Crippen molar-refractivity contribution in [1.82, 2.24) is 24.8 Å². The lowest BCUT2D eigenvalue weighted by Gasteiger charge is -2.34. The number of aliphatic hydroxyl groups is 1. The van der Waals surface area contributed by atoms with Crippen LogP contribution in [0.25, 0.3) is 11.4 Å². The van der Waals surface area contributed by atoms with Gasteiger partial charge in [-0.15, -0.1) is 0 Å². The Morgan fingerprint density at radius 2 is 2.00 bits per heavy atom. The van der Waals surface area contributed by atoms with Crippen molar-refractivity contribution in [2.24, 2.45) is 0 Å². The van der Waals surface area contributed by atoms with Crippen LogP contribution in [0.2, 0.25) is 0 Å². The normalized spacial score (nSPS) is 19.2. The lowest BCUT2D eigenvalue weighted by atomic mass is 9.87. The third kappa shape index (κ3) is 6.47. The molecule has 42 heavy (non-hydrogen) atoms. The smallest absolute Gasteiger partial charge is 0.248 e. The molecule has 1 aromatic heterocycles. The van der Waals surface area contributed by atoms with Crippen LogP contribution < -0.4 is 10.1 Å². The summed E-state index contributed by atoms with van der Waals surface area (Å²) in [6, 6.07) is 13.1. The minimum atomic E-state index is -1.45. The zero-order valence-corrected chi connectivity index (χ0v) is 23.2. The van der Waals surface area contributed by atoms with Crippen molar-refractivity contribution in [2.75, 3.05) is 38.1 Å². The first-order valence-corrected chi connectivity index (χ1v) is 13.9. The molecule has 2 fully saturated rings. The van der Waals surface area contributed by atoms with E-state index in [1.165, 1.54) is 16.8 Å². The van der Waals surface area contributed by atoms with E-state index in [1.54, 1.807) is 18.2 Å². The van der Waals surface area contributed by atoms with Gasteiger partial charge in [0.2, 0.25) is 18.3 Å². The van der Waals surface area contributed by atoms with Crippen molar-refractivity contribution in [2.45, 2.75) is 44.4 Å². The number of anilines is 2. The number of piperidine rings is 2. The lowest BCUT2D eigenvalue weighted by Crippen LogP contribution is -2.50. The third-order valence-electron chi connectivity index (χ3n) is 7.82. The highest BCUT2D eigenvalue weighted by molar-refractivity contribution is 5.77. The molecule has 218 valence electrons. The monoisotopic (exact) mass is 573 g/mol. The number of ether oxygens (including phenoxy) is 1. The third-order valence-corrected chi connectivity index (χ3v) is 7.82. The van der Waals surface area contributed by atoms with Crippen LogP contribution >= 0.6 is 0 Å². The van der Waals surface area contributed by atoms with Crippen LogP contribution in [0.5, 0.6) is 5.75 Å². The van der Waals surface area contributed by atoms with Crippen molar-refractivity contribution >= 4 is 24.0 Å². The summed E-state index contributed by atoms with van der Waals surface area (Å²) >= 11 is 0. The number of benzene rings is 2. The number of nitriles is 1. The molecule has 2 aromatic carbocycles. The number of rotatable bonds is 8. The largest absolute Gasteiger partial charge is 0.486 e. The van der Waals surface area contributed by atoms with Crippen molar-refractivity contribution in [3.63, 3.8) is 0 Å². The van der Waals surface area contributed by atoms with E-state index in [0.717, 1.165) is 43.6 Å². The van der Waals surface area contributed by atoms with Crippen LogP contribution in [0.15, 0.2) is 42.7 Å². The molecule has 0 bridgehead atoms.